The average Bonchev–Trinajstić information content (AvgIpc) is 3.17. The van der Waals surface area contributed by atoms with Crippen LogP contribution in [0.3, 0.4) is 0 Å². The highest BCUT2D eigenvalue weighted by atomic mass is 16.7. The Labute approximate surface area is 344 Å². The molecule has 0 spiro atoms. The Morgan fingerprint density at radius 2 is 1.34 bits per heavy atom. The van der Waals surface area contributed by atoms with Crippen LogP contribution in [0.1, 0.15) is 86.0 Å². The molecular formula is C42H68O17. The lowest BCUT2D eigenvalue weighted by atomic mass is 9.33. The molecule has 20 atom stereocenters. The molecule has 6 fully saturated rings. The minimum atomic E-state index is -1.90. The van der Waals surface area contributed by atoms with Gasteiger partial charge in [-0.25, -0.2) is 0 Å². The smallest absolute Gasteiger partial charge is 0.312 e. The van der Waals surface area contributed by atoms with E-state index in [0.717, 1.165) is 5.57 Å². The Morgan fingerprint density at radius 3 is 1.93 bits per heavy atom. The van der Waals surface area contributed by atoms with Crippen molar-refractivity contribution in [3.05, 3.63) is 11.6 Å². The van der Waals surface area contributed by atoms with Crippen LogP contribution in [0.4, 0.5) is 0 Å². The third-order valence-corrected chi connectivity index (χ3v) is 17.4. The number of carboxylic acid groups (broad SMARTS) is 1. The Morgan fingerprint density at radius 1 is 0.729 bits per heavy atom. The molecule has 20 unspecified atom stereocenters. The molecule has 5 aliphatic carbocycles. The van der Waals surface area contributed by atoms with E-state index in [9.17, 15) is 66.1 Å². The lowest BCUT2D eigenvalue weighted by Gasteiger charge is -2.72. The lowest BCUT2D eigenvalue weighted by molar-refractivity contribution is -0.377. The average molecular weight is 845 g/mol. The summed E-state index contributed by atoms with van der Waals surface area (Å²) in [5, 5.41) is 131. The summed E-state index contributed by atoms with van der Waals surface area (Å²) < 4.78 is 23.4. The second-order valence-electron chi connectivity index (χ2n) is 20.7. The van der Waals surface area contributed by atoms with Crippen molar-refractivity contribution in [3.63, 3.8) is 0 Å². The van der Waals surface area contributed by atoms with E-state index >= 15 is 0 Å². The zero-order valence-electron chi connectivity index (χ0n) is 34.7. The van der Waals surface area contributed by atoms with Crippen molar-refractivity contribution in [1.82, 2.24) is 0 Å². The van der Waals surface area contributed by atoms with Crippen LogP contribution >= 0.6 is 0 Å². The highest BCUT2D eigenvalue weighted by Gasteiger charge is 2.73. The molecule has 0 radical (unpaired) electrons. The van der Waals surface area contributed by atoms with Crippen molar-refractivity contribution in [1.29, 1.82) is 0 Å². The fourth-order valence-electron chi connectivity index (χ4n) is 13.9. The summed E-state index contributed by atoms with van der Waals surface area (Å²) >= 11 is 0. The fourth-order valence-corrected chi connectivity index (χ4v) is 13.9. The van der Waals surface area contributed by atoms with Gasteiger partial charge in [-0.3, -0.25) is 4.79 Å². The van der Waals surface area contributed by atoms with E-state index in [1.165, 1.54) is 0 Å². The van der Waals surface area contributed by atoms with Gasteiger partial charge in [0.15, 0.2) is 12.6 Å². The molecule has 0 bridgehead atoms. The first kappa shape index (κ1) is 45.6. The van der Waals surface area contributed by atoms with Crippen molar-refractivity contribution in [3.8, 4) is 0 Å². The number of allylic oxidation sites excluding steroid dienone is 2. The first-order chi connectivity index (χ1) is 27.6. The molecular weight excluding hydrogens is 776 g/mol. The maximum Gasteiger partial charge on any atom is 0.312 e. The van der Waals surface area contributed by atoms with Crippen molar-refractivity contribution in [2.45, 2.75) is 166 Å². The number of hydrogen-bond acceptors (Lipinski definition) is 16. The number of aliphatic hydroxyl groups excluding tert-OH is 11. The molecule has 59 heavy (non-hydrogen) atoms. The predicted octanol–water partition coefficient (Wildman–Crippen LogP) is -1.23. The van der Waals surface area contributed by atoms with Gasteiger partial charge in [0, 0.05) is 5.41 Å². The summed E-state index contributed by atoms with van der Waals surface area (Å²) in [6, 6.07) is 0. The van der Waals surface area contributed by atoms with E-state index in [2.05, 4.69) is 40.7 Å². The minimum Gasteiger partial charge on any atom is -0.481 e. The van der Waals surface area contributed by atoms with Crippen LogP contribution in [-0.2, 0) is 23.7 Å². The molecule has 4 saturated carbocycles. The van der Waals surface area contributed by atoms with E-state index in [1.807, 2.05) is 0 Å². The topological polar surface area (TPSA) is 297 Å². The van der Waals surface area contributed by atoms with E-state index < -0.39 is 145 Å². The van der Waals surface area contributed by atoms with E-state index in [1.54, 1.807) is 0 Å². The van der Waals surface area contributed by atoms with E-state index in [-0.39, 0.29) is 30.1 Å². The number of hydrogen-bond donors (Lipinski definition) is 12. The number of fused-ring (bicyclic) bond motifs is 7. The zero-order chi connectivity index (χ0) is 43.4. The molecule has 0 aromatic rings. The summed E-state index contributed by atoms with van der Waals surface area (Å²) in [5.74, 6) is -1.93. The van der Waals surface area contributed by atoms with Crippen molar-refractivity contribution in [2.24, 2.45) is 50.2 Å². The molecule has 0 amide bonds. The summed E-state index contributed by atoms with van der Waals surface area (Å²) in [4.78, 5) is 13.1. The monoisotopic (exact) mass is 844 g/mol. The molecule has 2 aliphatic heterocycles. The van der Waals surface area contributed by atoms with Crippen LogP contribution < -0.4 is 0 Å². The molecule has 2 heterocycles. The molecule has 7 rings (SSSR count). The first-order valence-corrected chi connectivity index (χ1v) is 21.3. The van der Waals surface area contributed by atoms with Gasteiger partial charge in [-0.15, -0.1) is 0 Å². The van der Waals surface area contributed by atoms with Gasteiger partial charge in [-0.2, -0.15) is 0 Å². The highest BCUT2D eigenvalue weighted by molar-refractivity contribution is 5.77. The zero-order valence-corrected chi connectivity index (χ0v) is 34.7. The molecule has 17 nitrogen and oxygen atoms in total. The van der Waals surface area contributed by atoms with Gasteiger partial charge in [-0.05, 0) is 90.8 Å². The normalized spacial score (nSPS) is 52.9. The number of carbonyl (C=O) groups is 1. The number of ether oxygens (including phenoxy) is 4. The Bertz CT molecular complexity index is 1590. The molecule has 2 saturated heterocycles. The summed E-state index contributed by atoms with van der Waals surface area (Å²) in [7, 11) is 0. The largest absolute Gasteiger partial charge is 0.481 e. The highest BCUT2D eigenvalue weighted by Crippen LogP contribution is 2.76. The quantitative estimate of drug-likeness (QED) is 0.0956. The number of aliphatic carboxylic acids is 1. The van der Waals surface area contributed by atoms with Crippen LogP contribution in [0.5, 0.6) is 0 Å². The Kier molecular flexibility index (Phi) is 12.1. The van der Waals surface area contributed by atoms with Gasteiger partial charge in [-0.1, -0.05) is 46.3 Å². The predicted molar refractivity (Wildman–Crippen MR) is 204 cm³/mol. The molecule has 7 aliphatic rings. The third-order valence-electron chi connectivity index (χ3n) is 17.4. The van der Waals surface area contributed by atoms with Crippen LogP contribution in [0.2, 0.25) is 0 Å². The molecule has 338 valence electrons. The van der Waals surface area contributed by atoms with Gasteiger partial charge in [0.2, 0.25) is 0 Å². The summed E-state index contributed by atoms with van der Waals surface area (Å²) in [5.41, 5.74) is -3.65. The second-order valence-corrected chi connectivity index (χ2v) is 20.7. The fraction of sp³-hybridized carbons (Fsp3) is 0.929. The Balaban J connectivity index is 1.19. The van der Waals surface area contributed by atoms with Crippen LogP contribution in [0.25, 0.3) is 0 Å². The maximum absolute atomic E-state index is 13.1. The first-order valence-electron chi connectivity index (χ1n) is 21.3. The van der Waals surface area contributed by atoms with Gasteiger partial charge in [0.25, 0.3) is 0 Å². The van der Waals surface area contributed by atoms with Crippen molar-refractivity contribution in [2.75, 3.05) is 26.4 Å². The van der Waals surface area contributed by atoms with Gasteiger partial charge < -0.3 is 80.2 Å². The van der Waals surface area contributed by atoms with E-state index in [0.29, 0.717) is 38.5 Å². The maximum atomic E-state index is 13.1. The summed E-state index contributed by atoms with van der Waals surface area (Å²) in [6.45, 7) is 7.89. The van der Waals surface area contributed by atoms with Gasteiger partial charge in [0.1, 0.15) is 54.2 Å². The molecule has 0 aromatic carbocycles. The van der Waals surface area contributed by atoms with E-state index in [4.69, 9.17) is 18.9 Å². The lowest BCUT2D eigenvalue weighted by Crippen LogP contribution is -2.71. The van der Waals surface area contributed by atoms with Gasteiger partial charge >= 0.3 is 5.97 Å². The summed E-state index contributed by atoms with van der Waals surface area (Å²) in [6.07, 6.45) is -15.0. The SMILES string of the molecule is CC1(C)CCC2(C(=O)O)C(O)CC3(C)C(=CCC4C5(C)CC(O)C(OC6OC(CO)C(O)C(OC7OC(CO)C(O)C(O)C7O)C6O)C(CO)(CO)C5CCC43C)C2C1. The number of rotatable bonds is 9. The van der Waals surface area contributed by atoms with Crippen LogP contribution in [-0.4, -0.2) is 173 Å². The third kappa shape index (κ3) is 6.54. The van der Waals surface area contributed by atoms with Crippen molar-refractivity contribution < 1.29 is 85.0 Å². The molecule has 17 heteroatoms. The number of aliphatic hydroxyl groups is 11. The second kappa shape index (κ2) is 15.7. The molecule has 12 N–H and O–H groups in total. The minimum absolute atomic E-state index is 0.120. The molecule has 0 aromatic heterocycles. The Hall–Kier alpha value is -1.39. The van der Waals surface area contributed by atoms with Crippen LogP contribution in [0.15, 0.2) is 11.6 Å². The standard InChI is InChI=1S/C42H68O17/c1-37(2)10-11-42(36(54)55)20(12-37)19-6-7-24-38(3)13-21(47)33(41(17-45,18-46)25(38)8-9-39(24,4)40(19,5)14-26(42)48)59-35-31(53)32(28(50)23(16-44)57-35)58-34-30(52)29(51)27(49)22(15-43)56-34/h6,20-35,43-53H,7-18H2,1-5H3,(H,54,55). The van der Waals surface area contributed by atoms with Crippen LogP contribution in [0, 0.1) is 50.2 Å². The van der Waals surface area contributed by atoms with Gasteiger partial charge in [0.05, 0.1) is 44.7 Å². The van der Waals surface area contributed by atoms with Crippen molar-refractivity contribution >= 4 is 5.97 Å². The number of carboxylic acids is 1.